The Morgan fingerprint density at radius 1 is 1.26 bits per heavy atom. The quantitative estimate of drug-likeness (QED) is 0.610. The van der Waals surface area contributed by atoms with Gasteiger partial charge in [-0.3, -0.25) is 0 Å². The Morgan fingerprint density at radius 2 is 2.05 bits per heavy atom. The topological polar surface area (TPSA) is 49.7 Å². The van der Waals surface area contributed by atoms with Gasteiger partial charge < -0.3 is 14.9 Å². The maximum atomic E-state index is 9.93. The number of para-hydroxylation sites is 1. The van der Waals surface area contributed by atoms with Crippen LogP contribution in [0.3, 0.4) is 0 Å². The lowest BCUT2D eigenvalue weighted by Crippen LogP contribution is -1.96. The molecule has 1 aromatic rings. The van der Waals surface area contributed by atoms with Gasteiger partial charge in [0.1, 0.15) is 6.10 Å². The first-order valence-electron chi connectivity index (χ1n) is 6.73. The average Bonchev–Trinajstić information content (AvgIpc) is 2.42. The molecule has 0 aliphatic rings. The van der Waals surface area contributed by atoms with Gasteiger partial charge in [-0.2, -0.15) is 0 Å². The van der Waals surface area contributed by atoms with E-state index in [1.165, 1.54) is 26.4 Å². The van der Waals surface area contributed by atoms with Crippen LogP contribution in [0.25, 0.3) is 0 Å². The fourth-order valence-electron chi connectivity index (χ4n) is 1.81. The van der Waals surface area contributed by atoms with Crippen LogP contribution in [-0.4, -0.2) is 17.3 Å². The van der Waals surface area contributed by atoms with Crippen LogP contribution < -0.4 is 4.74 Å². The van der Waals surface area contributed by atoms with Crippen molar-refractivity contribution >= 4 is 0 Å². The van der Waals surface area contributed by atoms with Gasteiger partial charge in [0, 0.05) is 12.0 Å². The number of aliphatic hydroxyl groups excluding tert-OH is 1. The molecule has 0 fully saturated rings. The molecular formula is C16H22O3. The van der Waals surface area contributed by atoms with E-state index in [1.807, 2.05) is 0 Å². The summed E-state index contributed by atoms with van der Waals surface area (Å²) in [4.78, 5) is 0. The summed E-state index contributed by atoms with van der Waals surface area (Å²) >= 11 is 0. The molecule has 0 radical (unpaired) electrons. The van der Waals surface area contributed by atoms with Crippen LogP contribution >= 0.6 is 0 Å². The van der Waals surface area contributed by atoms with Crippen molar-refractivity contribution in [2.24, 2.45) is 0 Å². The van der Waals surface area contributed by atoms with Crippen LogP contribution in [-0.2, 0) is 0 Å². The van der Waals surface area contributed by atoms with Crippen molar-refractivity contribution in [1.82, 2.24) is 0 Å². The van der Waals surface area contributed by atoms with Gasteiger partial charge in [0.2, 0.25) is 0 Å². The van der Waals surface area contributed by atoms with Crippen LogP contribution in [0, 0.1) is 11.8 Å². The van der Waals surface area contributed by atoms with Crippen LogP contribution in [0.2, 0.25) is 0 Å². The summed E-state index contributed by atoms with van der Waals surface area (Å²) in [5.74, 6) is 6.02. The highest BCUT2D eigenvalue weighted by Gasteiger charge is 2.12. The lowest BCUT2D eigenvalue weighted by Gasteiger charge is -2.09. The third-order valence-corrected chi connectivity index (χ3v) is 2.94. The average molecular weight is 262 g/mol. The number of unbranched alkanes of at least 4 members (excludes halogenated alkanes) is 4. The summed E-state index contributed by atoms with van der Waals surface area (Å²) in [6.07, 6.45) is 4.46. The first kappa shape index (κ1) is 15.4. The van der Waals surface area contributed by atoms with E-state index >= 15 is 0 Å². The second-order valence-electron chi connectivity index (χ2n) is 4.43. The second-order valence-corrected chi connectivity index (χ2v) is 4.43. The van der Waals surface area contributed by atoms with Crippen molar-refractivity contribution in [3.05, 3.63) is 23.8 Å². The van der Waals surface area contributed by atoms with E-state index in [9.17, 15) is 10.2 Å². The highest BCUT2D eigenvalue weighted by Crippen LogP contribution is 2.33. The van der Waals surface area contributed by atoms with E-state index in [1.54, 1.807) is 18.2 Å². The Labute approximate surface area is 115 Å². The molecule has 0 aromatic heterocycles. The SMILES string of the molecule is CCCCCCC#CC(O)c1cccc(OC)c1O. The Morgan fingerprint density at radius 3 is 2.74 bits per heavy atom. The smallest absolute Gasteiger partial charge is 0.164 e. The molecule has 1 aromatic carbocycles. The molecule has 0 spiro atoms. The van der Waals surface area contributed by atoms with Gasteiger partial charge in [-0.1, -0.05) is 44.2 Å². The predicted molar refractivity (Wildman–Crippen MR) is 76.2 cm³/mol. The third-order valence-electron chi connectivity index (χ3n) is 2.94. The standard InChI is InChI=1S/C16H22O3/c1-3-4-5-6-7-8-11-14(17)13-10-9-12-15(19-2)16(13)18/h9-10,12,14,17-18H,3-7H2,1-2H3. The molecule has 3 heteroatoms. The fourth-order valence-corrected chi connectivity index (χ4v) is 1.81. The predicted octanol–water partition coefficient (Wildman–Crippen LogP) is 3.41. The summed E-state index contributed by atoms with van der Waals surface area (Å²) in [6.45, 7) is 2.17. The molecular weight excluding hydrogens is 240 g/mol. The van der Waals surface area contributed by atoms with E-state index in [-0.39, 0.29) is 5.75 Å². The van der Waals surface area contributed by atoms with E-state index in [2.05, 4.69) is 18.8 Å². The van der Waals surface area contributed by atoms with E-state index in [0.717, 1.165) is 12.8 Å². The molecule has 1 unspecified atom stereocenters. The van der Waals surface area contributed by atoms with Crippen molar-refractivity contribution < 1.29 is 14.9 Å². The van der Waals surface area contributed by atoms with Crippen molar-refractivity contribution in [3.63, 3.8) is 0 Å². The van der Waals surface area contributed by atoms with Crippen LogP contribution in [0.5, 0.6) is 11.5 Å². The zero-order chi connectivity index (χ0) is 14.1. The minimum absolute atomic E-state index is 0.0437. The summed E-state index contributed by atoms with van der Waals surface area (Å²) in [6, 6.07) is 5.01. The van der Waals surface area contributed by atoms with Gasteiger partial charge in [0.15, 0.2) is 11.5 Å². The zero-order valence-corrected chi connectivity index (χ0v) is 11.6. The monoisotopic (exact) mass is 262 g/mol. The molecule has 1 atom stereocenters. The number of ether oxygens (including phenoxy) is 1. The van der Waals surface area contributed by atoms with Gasteiger partial charge in [0.05, 0.1) is 7.11 Å². The number of aliphatic hydroxyl groups is 1. The molecule has 0 aliphatic heterocycles. The molecule has 0 heterocycles. The number of benzene rings is 1. The number of rotatable bonds is 6. The summed E-state index contributed by atoms with van der Waals surface area (Å²) in [7, 11) is 1.48. The molecule has 1 rings (SSSR count). The maximum absolute atomic E-state index is 9.93. The third kappa shape index (κ3) is 4.84. The number of hydrogen-bond acceptors (Lipinski definition) is 3. The normalized spacial score (nSPS) is 11.5. The first-order chi connectivity index (χ1) is 9.20. The maximum Gasteiger partial charge on any atom is 0.164 e. The van der Waals surface area contributed by atoms with Crippen molar-refractivity contribution in [2.45, 2.75) is 45.1 Å². The molecule has 0 bridgehead atoms. The van der Waals surface area contributed by atoms with E-state index in [4.69, 9.17) is 4.74 Å². The molecule has 3 nitrogen and oxygen atoms in total. The van der Waals surface area contributed by atoms with Gasteiger partial charge in [-0.15, -0.1) is 5.92 Å². The van der Waals surface area contributed by atoms with Gasteiger partial charge in [0.25, 0.3) is 0 Å². The number of phenolic OH excluding ortho intramolecular Hbond substituents is 1. The molecule has 104 valence electrons. The number of hydrogen-bond donors (Lipinski definition) is 2. The highest BCUT2D eigenvalue weighted by molar-refractivity contribution is 5.48. The van der Waals surface area contributed by atoms with Crippen molar-refractivity contribution in [2.75, 3.05) is 7.11 Å². The Kier molecular flexibility index (Phi) is 6.84. The molecule has 0 saturated carbocycles. The molecule has 2 N–H and O–H groups in total. The molecule has 19 heavy (non-hydrogen) atoms. The minimum Gasteiger partial charge on any atom is -0.504 e. The van der Waals surface area contributed by atoms with Crippen LogP contribution in [0.1, 0.15) is 50.7 Å². The Bertz CT molecular complexity index is 443. The first-order valence-corrected chi connectivity index (χ1v) is 6.73. The highest BCUT2D eigenvalue weighted by atomic mass is 16.5. The van der Waals surface area contributed by atoms with E-state index < -0.39 is 6.10 Å². The number of methoxy groups -OCH3 is 1. The molecule has 0 aliphatic carbocycles. The number of aromatic hydroxyl groups is 1. The largest absolute Gasteiger partial charge is 0.504 e. The van der Waals surface area contributed by atoms with E-state index in [0.29, 0.717) is 11.3 Å². The summed E-state index contributed by atoms with van der Waals surface area (Å²) in [5.41, 5.74) is 0.389. The summed E-state index contributed by atoms with van der Waals surface area (Å²) in [5, 5.41) is 19.8. The number of phenols is 1. The van der Waals surface area contributed by atoms with Gasteiger partial charge in [-0.25, -0.2) is 0 Å². The van der Waals surface area contributed by atoms with Gasteiger partial charge >= 0.3 is 0 Å². The second kappa shape index (κ2) is 8.44. The van der Waals surface area contributed by atoms with Crippen LogP contribution in [0.4, 0.5) is 0 Å². The molecule has 0 saturated heterocycles. The van der Waals surface area contributed by atoms with Crippen molar-refractivity contribution in [3.8, 4) is 23.3 Å². The lowest BCUT2D eigenvalue weighted by molar-refractivity contribution is 0.231. The minimum atomic E-state index is -0.971. The van der Waals surface area contributed by atoms with Crippen LogP contribution in [0.15, 0.2) is 18.2 Å². The fraction of sp³-hybridized carbons (Fsp3) is 0.500. The Balaban J connectivity index is 2.58. The lowest BCUT2D eigenvalue weighted by atomic mass is 10.1. The molecule has 0 amide bonds. The summed E-state index contributed by atoms with van der Waals surface area (Å²) < 4.78 is 5.00. The Hall–Kier alpha value is -1.66. The van der Waals surface area contributed by atoms with Crippen molar-refractivity contribution in [1.29, 1.82) is 0 Å². The van der Waals surface area contributed by atoms with Gasteiger partial charge in [-0.05, 0) is 12.5 Å². The zero-order valence-electron chi connectivity index (χ0n) is 11.6.